The summed E-state index contributed by atoms with van der Waals surface area (Å²) in [5, 5.41) is 7.76. The van der Waals surface area contributed by atoms with Gasteiger partial charge in [-0.3, -0.25) is 4.79 Å². The van der Waals surface area contributed by atoms with E-state index in [4.69, 9.17) is 0 Å². The van der Waals surface area contributed by atoms with E-state index >= 15 is 0 Å². The van der Waals surface area contributed by atoms with Crippen molar-refractivity contribution >= 4 is 23.5 Å². The van der Waals surface area contributed by atoms with Crippen molar-refractivity contribution in [3.05, 3.63) is 71.0 Å². The van der Waals surface area contributed by atoms with Crippen molar-refractivity contribution in [2.75, 3.05) is 11.1 Å². The number of carbonyl (C=O) groups excluding carboxylic acids is 1. The fourth-order valence-electron chi connectivity index (χ4n) is 3.16. The van der Waals surface area contributed by atoms with E-state index in [0.29, 0.717) is 11.6 Å². The minimum atomic E-state index is -0.0144. The third kappa shape index (κ3) is 2.82. The lowest BCUT2D eigenvalue weighted by atomic mass is 10.00. The lowest BCUT2D eigenvalue weighted by Crippen LogP contribution is -2.16. The van der Waals surface area contributed by atoms with Crippen molar-refractivity contribution in [3.63, 3.8) is 0 Å². The molecule has 6 heteroatoms. The van der Waals surface area contributed by atoms with E-state index in [1.165, 1.54) is 11.1 Å². The minimum Gasteiger partial charge on any atom is -0.310 e. The molecule has 3 heterocycles. The molecule has 4 rings (SSSR count). The van der Waals surface area contributed by atoms with E-state index < -0.39 is 0 Å². The zero-order valence-corrected chi connectivity index (χ0v) is 14.9. The first-order valence-corrected chi connectivity index (χ1v) is 9.18. The molecule has 5 nitrogen and oxygen atoms in total. The Morgan fingerprint density at radius 2 is 1.96 bits per heavy atom. The fourth-order valence-corrected chi connectivity index (χ4v) is 4.44. The topological polar surface area (TPSA) is 59.8 Å². The number of pyridine rings is 1. The maximum Gasteiger partial charge on any atom is 0.235 e. The van der Waals surface area contributed by atoms with Crippen molar-refractivity contribution in [3.8, 4) is 5.82 Å². The van der Waals surface area contributed by atoms with E-state index in [9.17, 15) is 4.79 Å². The summed E-state index contributed by atoms with van der Waals surface area (Å²) in [5.41, 5.74) is 4.39. The normalized spacial score (nSPS) is 16.9. The third-order valence-electron chi connectivity index (χ3n) is 4.35. The van der Waals surface area contributed by atoms with Crippen LogP contribution in [0.2, 0.25) is 0 Å². The van der Waals surface area contributed by atoms with Gasteiger partial charge in [-0.2, -0.15) is 9.78 Å². The molecule has 0 spiro atoms. The highest BCUT2D eigenvalue weighted by molar-refractivity contribution is 8.00. The van der Waals surface area contributed by atoms with Gasteiger partial charge in [0.15, 0.2) is 5.82 Å². The van der Waals surface area contributed by atoms with Crippen LogP contribution < -0.4 is 5.32 Å². The van der Waals surface area contributed by atoms with Crippen LogP contribution in [0.4, 0.5) is 5.82 Å². The number of nitrogens with zero attached hydrogens (tertiary/aromatic N) is 3. The number of fused-ring (bicyclic) bond motifs is 1. The van der Waals surface area contributed by atoms with Gasteiger partial charge in [0.1, 0.15) is 5.82 Å². The molecule has 0 bridgehead atoms. The van der Waals surface area contributed by atoms with Crippen LogP contribution in [0.15, 0.2) is 48.7 Å². The Morgan fingerprint density at radius 1 is 1.16 bits per heavy atom. The van der Waals surface area contributed by atoms with Gasteiger partial charge in [0, 0.05) is 11.8 Å². The Bertz CT molecular complexity index is 936. The number of hydrogen-bond acceptors (Lipinski definition) is 4. The molecular weight excluding hydrogens is 332 g/mol. The largest absolute Gasteiger partial charge is 0.310 e. The van der Waals surface area contributed by atoms with Crippen LogP contribution in [0.3, 0.4) is 0 Å². The van der Waals surface area contributed by atoms with Crippen molar-refractivity contribution in [1.82, 2.24) is 14.8 Å². The summed E-state index contributed by atoms with van der Waals surface area (Å²) >= 11 is 1.64. The average Bonchev–Trinajstić information content (AvgIpc) is 2.83. The molecule has 1 aliphatic rings. The predicted octanol–water partition coefficient (Wildman–Crippen LogP) is 3.66. The van der Waals surface area contributed by atoms with Gasteiger partial charge >= 0.3 is 0 Å². The predicted molar refractivity (Wildman–Crippen MR) is 100 cm³/mol. The van der Waals surface area contributed by atoms with Crippen molar-refractivity contribution in [2.45, 2.75) is 19.1 Å². The number of aryl methyl sites for hydroxylation is 2. The van der Waals surface area contributed by atoms with Crippen LogP contribution in [0.5, 0.6) is 0 Å². The first kappa shape index (κ1) is 15.9. The summed E-state index contributed by atoms with van der Waals surface area (Å²) in [4.78, 5) is 16.7. The fraction of sp³-hybridized carbons (Fsp3) is 0.211. The van der Waals surface area contributed by atoms with Gasteiger partial charge in [-0.05, 0) is 37.1 Å². The molecule has 3 aromatic rings. The maximum atomic E-state index is 12.3. The van der Waals surface area contributed by atoms with Gasteiger partial charge in [-0.25, -0.2) is 4.98 Å². The first-order valence-electron chi connectivity index (χ1n) is 8.13. The minimum absolute atomic E-state index is 0.0144. The lowest BCUT2D eigenvalue weighted by molar-refractivity contribution is -0.113. The van der Waals surface area contributed by atoms with Gasteiger partial charge in [-0.15, -0.1) is 11.8 Å². The lowest BCUT2D eigenvalue weighted by Gasteiger charge is -2.17. The molecule has 25 heavy (non-hydrogen) atoms. The van der Waals surface area contributed by atoms with Crippen molar-refractivity contribution < 1.29 is 4.79 Å². The van der Waals surface area contributed by atoms with E-state index in [-0.39, 0.29) is 11.2 Å². The molecule has 126 valence electrons. The molecular formula is C19H18N4OS. The van der Waals surface area contributed by atoms with Crippen LogP contribution >= 0.6 is 11.8 Å². The average molecular weight is 350 g/mol. The standard InChI is InChI=1S/C19H18N4OS/c1-12-7-3-4-8-14(12)18-17-13(2)22-23(15-9-5-6-10-20-15)19(17)21-16(24)11-25-18/h3-10,18H,11H2,1-2H3,(H,21,24)/t18-/m1/s1. The highest BCUT2D eigenvalue weighted by Crippen LogP contribution is 2.44. The smallest absolute Gasteiger partial charge is 0.235 e. The molecule has 1 aromatic carbocycles. The van der Waals surface area contributed by atoms with Crippen LogP contribution in [0.1, 0.15) is 27.6 Å². The first-order chi connectivity index (χ1) is 12.1. The molecule has 0 aliphatic carbocycles. The molecule has 1 aliphatic heterocycles. The second kappa shape index (κ2) is 6.37. The highest BCUT2D eigenvalue weighted by atomic mass is 32.2. The Morgan fingerprint density at radius 3 is 2.72 bits per heavy atom. The Labute approximate surface area is 150 Å². The summed E-state index contributed by atoms with van der Waals surface area (Å²) in [6, 6.07) is 14.0. The number of thioether (sulfide) groups is 1. The summed E-state index contributed by atoms with van der Waals surface area (Å²) in [6.45, 7) is 4.09. The molecule has 1 amide bonds. The number of carbonyl (C=O) groups is 1. The second-order valence-corrected chi connectivity index (χ2v) is 7.14. The molecule has 2 aromatic heterocycles. The molecule has 0 fully saturated rings. The Balaban J connectivity index is 1.92. The number of rotatable bonds is 2. The molecule has 0 saturated carbocycles. The zero-order valence-electron chi connectivity index (χ0n) is 14.1. The number of hydrogen-bond donors (Lipinski definition) is 1. The molecule has 1 atom stereocenters. The molecule has 0 saturated heterocycles. The van der Waals surface area contributed by atoms with Gasteiger partial charge in [0.2, 0.25) is 5.91 Å². The second-order valence-electron chi connectivity index (χ2n) is 6.04. The number of anilines is 1. The summed E-state index contributed by atoms with van der Waals surface area (Å²) < 4.78 is 1.74. The Kier molecular flexibility index (Phi) is 4.05. The summed E-state index contributed by atoms with van der Waals surface area (Å²) in [7, 11) is 0. The van der Waals surface area contributed by atoms with E-state index in [0.717, 1.165) is 17.1 Å². The number of benzene rings is 1. The van der Waals surface area contributed by atoms with Crippen LogP contribution in [0, 0.1) is 13.8 Å². The molecule has 0 unspecified atom stereocenters. The summed E-state index contributed by atoms with van der Waals surface area (Å²) in [6.07, 6.45) is 1.73. The molecule has 1 N–H and O–H groups in total. The summed E-state index contributed by atoms with van der Waals surface area (Å²) in [5.74, 6) is 1.82. The highest BCUT2D eigenvalue weighted by Gasteiger charge is 2.31. The number of nitrogens with one attached hydrogen (secondary N) is 1. The van der Waals surface area contributed by atoms with Gasteiger partial charge < -0.3 is 5.32 Å². The maximum absolute atomic E-state index is 12.3. The van der Waals surface area contributed by atoms with Gasteiger partial charge in [-0.1, -0.05) is 30.3 Å². The SMILES string of the molecule is Cc1ccccc1[C@H]1SCC(=O)Nc2c1c(C)nn2-c1ccccn1. The number of amides is 1. The third-order valence-corrected chi connectivity index (χ3v) is 5.60. The van der Waals surface area contributed by atoms with Crippen molar-refractivity contribution in [1.29, 1.82) is 0 Å². The monoisotopic (exact) mass is 350 g/mol. The van der Waals surface area contributed by atoms with Crippen LogP contribution in [-0.4, -0.2) is 26.4 Å². The quantitative estimate of drug-likeness (QED) is 0.766. The zero-order chi connectivity index (χ0) is 17.4. The van der Waals surface area contributed by atoms with E-state index in [1.807, 2.05) is 37.3 Å². The van der Waals surface area contributed by atoms with Gasteiger partial charge in [0.25, 0.3) is 0 Å². The van der Waals surface area contributed by atoms with Crippen LogP contribution in [0.25, 0.3) is 5.82 Å². The Hall–Kier alpha value is -2.60. The van der Waals surface area contributed by atoms with Gasteiger partial charge in [0.05, 0.1) is 16.7 Å². The van der Waals surface area contributed by atoms with E-state index in [2.05, 4.69) is 34.5 Å². The number of aromatic nitrogens is 3. The van der Waals surface area contributed by atoms with Crippen LogP contribution in [-0.2, 0) is 4.79 Å². The van der Waals surface area contributed by atoms with E-state index in [1.54, 1.807) is 22.6 Å². The molecule has 0 radical (unpaired) electrons. The van der Waals surface area contributed by atoms with Crippen molar-refractivity contribution in [2.24, 2.45) is 0 Å².